The van der Waals surface area contributed by atoms with E-state index in [0.717, 1.165) is 23.1 Å². The van der Waals surface area contributed by atoms with Crippen LogP contribution in [0.2, 0.25) is 0 Å². The number of rotatable bonds is 5. The van der Waals surface area contributed by atoms with Crippen molar-refractivity contribution in [2.24, 2.45) is 5.16 Å². The standard InChI is InChI=1S/C16H11F3N2O3S2/c1-25-13-7-5-11(6-8-13)15(10-20)21-24-26(22,23)14-4-2-3-12(9-14)16(17,18)19/h2-9H,1H3. The van der Waals surface area contributed by atoms with Crippen LogP contribution in [0, 0.1) is 11.3 Å². The monoisotopic (exact) mass is 400 g/mol. The topological polar surface area (TPSA) is 79.5 Å². The zero-order chi connectivity index (χ0) is 19.4. The van der Waals surface area contributed by atoms with Crippen LogP contribution in [0.3, 0.4) is 0 Å². The van der Waals surface area contributed by atoms with Crippen molar-refractivity contribution in [2.75, 3.05) is 6.26 Å². The van der Waals surface area contributed by atoms with Crippen LogP contribution in [0.15, 0.2) is 63.5 Å². The molecule has 2 rings (SSSR count). The highest BCUT2D eigenvalue weighted by atomic mass is 32.2. The van der Waals surface area contributed by atoms with Crippen molar-refractivity contribution in [3.05, 3.63) is 59.7 Å². The Hall–Kier alpha value is -2.51. The first-order valence-corrected chi connectivity index (χ1v) is 9.54. The summed E-state index contributed by atoms with van der Waals surface area (Å²) < 4.78 is 66.6. The van der Waals surface area contributed by atoms with E-state index in [0.29, 0.717) is 11.6 Å². The Morgan fingerprint density at radius 1 is 1.19 bits per heavy atom. The molecule has 0 spiro atoms. The zero-order valence-electron chi connectivity index (χ0n) is 13.2. The fourth-order valence-electron chi connectivity index (χ4n) is 1.84. The van der Waals surface area contributed by atoms with E-state index in [9.17, 15) is 21.6 Å². The molecule has 136 valence electrons. The smallest absolute Gasteiger partial charge is 0.263 e. The van der Waals surface area contributed by atoms with Crippen molar-refractivity contribution in [3.8, 4) is 6.07 Å². The molecule has 0 aliphatic carbocycles. The van der Waals surface area contributed by atoms with Crippen LogP contribution < -0.4 is 0 Å². The van der Waals surface area contributed by atoms with Crippen molar-refractivity contribution in [3.63, 3.8) is 0 Å². The van der Waals surface area contributed by atoms with Crippen LogP contribution in [-0.2, 0) is 20.6 Å². The molecule has 0 heterocycles. The normalized spacial score (nSPS) is 12.5. The third kappa shape index (κ3) is 4.77. The Morgan fingerprint density at radius 2 is 1.85 bits per heavy atom. The minimum absolute atomic E-state index is 0.310. The van der Waals surface area contributed by atoms with Crippen LogP contribution in [0.4, 0.5) is 13.2 Å². The second kappa shape index (κ2) is 7.80. The molecule has 26 heavy (non-hydrogen) atoms. The fourth-order valence-corrected chi connectivity index (χ4v) is 3.03. The summed E-state index contributed by atoms with van der Waals surface area (Å²) in [6.45, 7) is 0. The van der Waals surface area contributed by atoms with Crippen molar-refractivity contribution >= 4 is 27.6 Å². The Morgan fingerprint density at radius 3 is 2.38 bits per heavy atom. The minimum Gasteiger partial charge on any atom is -0.263 e. The van der Waals surface area contributed by atoms with E-state index in [1.807, 2.05) is 6.26 Å². The van der Waals surface area contributed by atoms with Gasteiger partial charge in [0.25, 0.3) is 0 Å². The molecule has 2 aromatic rings. The average Bonchev–Trinajstić information content (AvgIpc) is 2.62. The van der Waals surface area contributed by atoms with Gasteiger partial charge >= 0.3 is 16.3 Å². The Kier molecular flexibility index (Phi) is 5.94. The Balaban J connectivity index is 2.30. The van der Waals surface area contributed by atoms with Crippen molar-refractivity contribution in [1.82, 2.24) is 0 Å². The lowest BCUT2D eigenvalue weighted by atomic mass is 10.1. The van der Waals surface area contributed by atoms with Gasteiger partial charge in [-0.2, -0.15) is 26.9 Å². The summed E-state index contributed by atoms with van der Waals surface area (Å²) in [7, 11) is -4.61. The molecule has 0 aliphatic heterocycles. The number of alkyl halides is 3. The Labute approximate surface area is 152 Å². The second-order valence-electron chi connectivity index (χ2n) is 4.83. The number of hydrogen-bond acceptors (Lipinski definition) is 6. The highest BCUT2D eigenvalue weighted by molar-refractivity contribution is 7.98. The molecule has 0 aliphatic rings. The molecule has 0 N–H and O–H groups in total. The molecular formula is C16H11F3N2O3S2. The third-order valence-electron chi connectivity index (χ3n) is 3.15. The number of thioether (sulfide) groups is 1. The number of hydrogen-bond donors (Lipinski definition) is 0. The first-order chi connectivity index (χ1) is 12.2. The first kappa shape index (κ1) is 19.8. The van der Waals surface area contributed by atoms with E-state index >= 15 is 0 Å². The van der Waals surface area contributed by atoms with Crippen LogP contribution in [0.1, 0.15) is 11.1 Å². The zero-order valence-corrected chi connectivity index (χ0v) is 14.8. The summed E-state index contributed by atoms with van der Waals surface area (Å²) >= 11 is 1.47. The van der Waals surface area contributed by atoms with Gasteiger partial charge in [0.1, 0.15) is 11.0 Å². The molecule has 0 fully saturated rings. The van der Waals surface area contributed by atoms with E-state index in [2.05, 4.69) is 9.44 Å². The third-order valence-corrected chi connectivity index (χ3v) is 4.99. The quantitative estimate of drug-likeness (QED) is 0.430. The fraction of sp³-hybridized carbons (Fsp3) is 0.125. The summed E-state index contributed by atoms with van der Waals surface area (Å²) in [6, 6.07) is 11.2. The van der Waals surface area contributed by atoms with Crippen LogP contribution in [-0.4, -0.2) is 20.4 Å². The van der Waals surface area contributed by atoms with Gasteiger partial charge in [-0.1, -0.05) is 23.4 Å². The summed E-state index contributed by atoms with van der Waals surface area (Å²) in [4.78, 5) is 0.203. The van der Waals surface area contributed by atoms with Crippen molar-refractivity contribution < 1.29 is 25.9 Å². The van der Waals surface area contributed by atoms with E-state index in [1.165, 1.54) is 11.8 Å². The van der Waals surface area contributed by atoms with Gasteiger partial charge in [0.05, 0.1) is 5.56 Å². The van der Waals surface area contributed by atoms with Crippen LogP contribution >= 0.6 is 11.8 Å². The lowest BCUT2D eigenvalue weighted by Gasteiger charge is -2.08. The molecule has 0 bridgehead atoms. The van der Waals surface area contributed by atoms with Gasteiger partial charge in [0.2, 0.25) is 0 Å². The van der Waals surface area contributed by atoms with Gasteiger partial charge in [0, 0.05) is 10.5 Å². The van der Waals surface area contributed by atoms with Crippen molar-refractivity contribution in [2.45, 2.75) is 16.0 Å². The highest BCUT2D eigenvalue weighted by Crippen LogP contribution is 2.30. The molecule has 0 aromatic heterocycles. The molecular weight excluding hydrogens is 389 g/mol. The maximum atomic E-state index is 12.7. The molecule has 5 nitrogen and oxygen atoms in total. The van der Waals surface area contributed by atoms with E-state index in [4.69, 9.17) is 5.26 Å². The predicted molar refractivity (Wildman–Crippen MR) is 90.1 cm³/mol. The lowest BCUT2D eigenvalue weighted by molar-refractivity contribution is -0.137. The second-order valence-corrected chi connectivity index (χ2v) is 7.24. The molecule has 0 atom stereocenters. The van der Waals surface area contributed by atoms with Crippen molar-refractivity contribution in [1.29, 1.82) is 5.26 Å². The number of benzene rings is 2. The van der Waals surface area contributed by atoms with E-state index in [1.54, 1.807) is 30.3 Å². The minimum atomic E-state index is -4.70. The number of nitriles is 1. The van der Waals surface area contributed by atoms with Gasteiger partial charge < -0.3 is 0 Å². The lowest BCUT2D eigenvalue weighted by Crippen LogP contribution is -2.09. The first-order valence-electron chi connectivity index (χ1n) is 6.91. The highest BCUT2D eigenvalue weighted by Gasteiger charge is 2.32. The molecule has 10 heteroatoms. The summed E-state index contributed by atoms with van der Waals surface area (Å²) in [5.41, 5.74) is -1.16. The van der Waals surface area contributed by atoms with E-state index < -0.39 is 26.8 Å². The van der Waals surface area contributed by atoms with Gasteiger partial charge in [-0.15, -0.1) is 11.8 Å². The molecule has 0 saturated carbocycles. The van der Waals surface area contributed by atoms with Crippen LogP contribution in [0.25, 0.3) is 0 Å². The molecule has 0 unspecified atom stereocenters. The van der Waals surface area contributed by atoms with Gasteiger partial charge in [-0.25, -0.2) is 0 Å². The molecule has 0 saturated heterocycles. The van der Waals surface area contributed by atoms with Gasteiger partial charge in [-0.05, 0) is 36.6 Å². The molecule has 2 aromatic carbocycles. The SMILES string of the molecule is CSc1ccc(C(C#N)=NOS(=O)(=O)c2cccc(C(F)(F)F)c2)cc1. The van der Waals surface area contributed by atoms with Crippen LogP contribution in [0.5, 0.6) is 0 Å². The Bertz CT molecular complexity index is 963. The summed E-state index contributed by atoms with van der Waals surface area (Å²) in [5, 5.41) is 12.4. The summed E-state index contributed by atoms with van der Waals surface area (Å²) in [5.74, 6) is 0. The number of nitrogens with zero attached hydrogens (tertiary/aromatic N) is 2. The maximum absolute atomic E-state index is 12.7. The number of oxime groups is 1. The number of halogens is 3. The molecule has 0 radical (unpaired) electrons. The largest absolute Gasteiger partial charge is 0.416 e. The molecule has 0 amide bonds. The maximum Gasteiger partial charge on any atom is 0.416 e. The van der Waals surface area contributed by atoms with Gasteiger partial charge in [-0.3, -0.25) is 4.28 Å². The average molecular weight is 400 g/mol. The van der Waals surface area contributed by atoms with E-state index in [-0.39, 0.29) is 5.71 Å². The summed E-state index contributed by atoms with van der Waals surface area (Å²) in [6.07, 6.45) is -2.84. The predicted octanol–water partition coefficient (Wildman–Crippen LogP) is 4.06. The van der Waals surface area contributed by atoms with Gasteiger partial charge in [0.15, 0.2) is 5.71 Å².